The zero-order chi connectivity index (χ0) is 31.6. The van der Waals surface area contributed by atoms with Gasteiger partial charge in [-0.25, -0.2) is 9.97 Å². The molecule has 0 spiro atoms. The van der Waals surface area contributed by atoms with Crippen LogP contribution in [0.3, 0.4) is 0 Å². The summed E-state index contributed by atoms with van der Waals surface area (Å²) in [6.45, 7) is 0. The number of hydrogen-bond donors (Lipinski definition) is 0. The van der Waals surface area contributed by atoms with Gasteiger partial charge in [-0.15, -0.1) is 0 Å². The summed E-state index contributed by atoms with van der Waals surface area (Å²) in [6, 6.07) is 57.2. The highest BCUT2D eigenvalue weighted by molar-refractivity contribution is 6.17. The molecule has 0 aliphatic heterocycles. The molecule has 4 nitrogen and oxygen atoms in total. The molecule has 0 saturated heterocycles. The minimum atomic E-state index is 0.693. The SMILES string of the molecule is c1ccc(-c2nc(-c3ccc4oc5ccc(-c6cccc7c6c6ccccc6n7-c6ccccc6)cc5c4c3)nc3ccccc23)cc1. The molecule has 0 saturated carbocycles. The van der Waals surface area contributed by atoms with Crippen LogP contribution in [0.1, 0.15) is 0 Å². The molecule has 4 heteroatoms. The van der Waals surface area contributed by atoms with Crippen LogP contribution in [0.4, 0.5) is 0 Å². The number of para-hydroxylation sites is 3. The van der Waals surface area contributed by atoms with E-state index in [0.717, 1.165) is 60.9 Å². The largest absolute Gasteiger partial charge is 0.456 e. The first kappa shape index (κ1) is 26.7. The van der Waals surface area contributed by atoms with Crippen LogP contribution in [0.25, 0.3) is 94.1 Å². The highest BCUT2D eigenvalue weighted by Crippen LogP contribution is 2.41. The van der Waals surface area contributed by atoms with Gasteiger partial charge in [0, 0.05) is 43.7 Å². The quantitative estimate of drug-likeness (QED) is 0.198. The van der Waals surface area contributed by atoms with Gasteiger partial charge in [-0.1, -0.05) is 103 Å². The number of benzene rings is 7. The molecule has 224 valence electrons. The monoisotopic (exact) mass is 613 g/mol. The van der Waals surface area contributed by atoms with Crippen molar-refractivity contribution in [3.05, 3.63) is 164 Å². The first-order valence-electron chi connectivity index (χ1n) is 16.2. The van der Waals surface area contributed by atoms with Gasteiger partial charge in [0.25, 0.3) is 0 Å². The number of hydrogen-bond acceptors (Lipinski definition) is 3. The zero-order valence-electron chi connectivity index (χ0n) is 25.8. The van der Waals surface area contributed by atoms with Crippen molar-refractivity contribution in [2.45, 2.75) is 0 Å². The van der Waals surface area contributed by atoms with E-state index < -0.39 is 0 Å². The van der Waals surface area contributed by atoms with E-state index in [1.54, 1.807) is 0 Å². The Labute approximate surface area is 276 Å². The number of furan rings is 1. The molecule has 0 aliphatic carbocycles. The number of aromatic nitrogens is 3. The number of rotatable bonds is 4. The van der Waals surface area contributed by atoms with Gasteiger partial charge < -0.3 is 8.98 Å². The Hall–Kier alpha value is -6.52. The van der Waals surface area contributed by atoms with Crippen molar-refractivity contribution >= 4 is 54.6 Å². The maximum atomic E-state index is 6.37. The van der Waals surface area contributed by atoms with Crippen molar-refractivity contribution in [1.29, 1.82) is 0 Å². The second-order valence-corrected chi connectivity index (χ2v) is 12.2. The first-order chi connectivity index (χ1) is 23.8. The lowest BCUT2D eigenvalue weighted by atomic mass is 9.97. The topological polar surface area (TPSA) is 43.9 Å². The molecule has 0 unspecified atom stereocenters. The third-order valence-corrected chi connectivity index (χ3v) is 9.40. The normalized spacial score (nSPS) is 11.8. The highest BCUT2D eigenvalue weighted by Gasteiger charge is 2.18. The number of fused-ring (bicyclic) bond motifs is 7. The average molecular weight is 614 g/mol. The fourth-order valence-corrected chi connectivity index (χ4v) is 7.22. The molecule has 3 heterocycles. The summed E-state index contributed by atoms with van der Waals surface area (Å²) >= 11 is 0. The Morgan fingerprint density at radius 3 is 1.90 bits per heavy atom. The van der Waals surface area contributed by atoms with Crippen LogP contribution in [0.2, 0.25) is 0 Å². The van der Waals surface area contributed by atoms with E-state index in [2.05, 4.69) is 132 Å². The summed E-state index contributed by atoms with van der Waals surface area (Å²) in [4.78, 5) is 10.1. The molecule has 0 amide bonds. The standard InChI is InChI=1S/C44H27N3O/c1-3-12-28(13-4-1)43-33-16-7-9-19-37(33)45-44(46-43)30-23-25-41-36(27-30)35-26-29(22-24-40(35)48-41)32-18-11-21-39-42(32)34-17-8-10-20-38(34)47(39)31-14-5-2-6-15-31/h1-27H. The first-order valence-corrected chi connectivity index (χ1v) is 16.2. The van der Waals surface area contributed by atoms with Crippen molar-refractivity contribution in [3.63, 3.8) is 0 Å². The van der Waals surface area contributed by atoms with Crippen LogP contribution in [0.15, 0.2) is 168 Å². The van der Waals surface area contributed by atoms with Gasteiger partial charge in [0.2, 0.25) is 0 Å². The van der Waals surface area contributed by atoms with Crippen molar-refractivity contribution in [2.24, 2.45) is 0 Å². The van der Waals surface area contributed by atoms with Gasteiger partial charge in [0.1, 0.15) is 11.2 Å². The van der Waals surface area contributed by atoms with Crippen LogP contribution in [-0.2, 0) is 0 Å². The fraction of sp³-hybridized carbons (Fsp3) is 0. The van der Waals surface area contributed by atoms with E-state index in [-0.39, 0.29) is 0 Å². The lowest BCUT2D eigenvalue weighted by molar-refractivity contribution is 0.669. The molecule has 0 N–H and O–H groups in total. The van der Waals surface area contributed by atoms with E-state index in [1.807, 2.05) is 36.4 Å². The molecule has 0 atom stereocenters. The van der Waals surface area contributed by atoms with E-state index in [9.17, 15) is 0 Å². The molecule has 48 heavy (non-hydrogen) atoms. The highest BCUT2D eigenvalue weighted by atomic mass is 16.3. The summed E-state index contributed by atoms with van der Waals surface area (Å²) < 4.78 is 8.73. The van der Waals surface area contributed by atoms with E-state index >= 15 is 0 Å². The Bertz CT molecular complexity index is 2830. The summed E-state index contributed by atoms with van der Waals surface area (Å²) in [5, 5.41) is 5.62. The molecule has 0 radical (unpaired) electrons. The molecule has 3 aromatic heterocycles. The zero-order valence-corrected chi connectivity index (χ0v) is 25.8. The third-order valence-electron chi connectivity index (χ3n) is 9.40. The molecule has 0 bridgehead atoms. The van der Waals surface area contributed by atoms with Crippen molar-refractivity contribution in [1.82, 2.24) is 14.5 Å². The van der Waals surface area contributed by atoms with Gasteiger partial charge in [-0.2, -0.15) is 0 Å². The van der Waals surface area contributed by atoms with Crippen LogP contribution < -0.4 is 0 Å². The van der Waals surface area contributed by atoms with E-state index in [0.29, 0.717) is 5.82 Å². The van der Waals surface area contributed by atoms with Crippen molar-refractivity contribution in [2.75, 3.05) is 0 Å². The Balaban J connectivity index is 1.17. The molecule has 10 aromatic rings. The van der Waals surface area contributed by atoms with Gasteiger partial charge in [-0.3, -0.25) is 0 Å². The van der Waals surface area contributed by atoms with Crippen LogP contribution in [-0.4, -0.2) is 14.5 Å². The van der Waals surface area contributed by atoms with Gasteiger partial charge in [0.05, 0.1) is 22.2 Å². The van der Waals surface area contributed by atoms with Gasteiger partial charge >= 0.3 is 0 Å². The summed E-state index contributed by atoms with van der Waals surface area (Å²) in [5.41, 5.74) is 11.4. The summed E-state index contributed by atoms with van der Waals surface area (Å²) in [6.07, 6.45) is 0. The fourth-order valence-electron chi connectivity index (χ4n) is 7.22. The lowest BCUT2D eigenvalue weighted by Crippen LogP contribution is -1.95. The predicted octanol–water partition coefficient (Wildman–Crippen LogP) is 11.6. The number of nitrogens with zero attached hydrogens (tertiary/aromatic N) is 3. The summed E-state index contributed by atoms with van der Waals surface area (Å²) in [5.74, 6) is 0.693. The minimum Gasteiger partial charge on any atom is -0.456 e. The Morgan fingerprint density at radius 2 is 1.08 bits per heavy atom. The second kappa shape index (κ2) is 10.5. The molecule has 0 aliphatic rings. The molecular weight excluding hydrogens is 587 g/mol. The Kier molecular flexibility index (Phi) is 5.84. The minimum absolute atomic E-state index is 0.693. The summed E-state index contributed by atoms with van der Waals surface area (Å²) in [7, 11) is 0. The van der Waals surface area contributed by atoms with Gasteiger partial charge in [0.15, 0.2) is 5.82 Å². The third kappa shape index (κ3) is 4.10. The maximum Gasteiger partial charge on any atom is 0.160 e. The molecule has 10 rings (SSSR count). The molecule has 7 aromatic carbocycles. The molecule has 0 fully saturated rings. The van der Waals surface area contributed by atoms with E-state index in [4.69, 9.17) is 14.4 Å². The van der Waals surface area contributed by atoms with Crippen molar-refractivity contribution in [3.8, 4) is 39.5 Å². The van der Waals surface area contributed by atoms with Crippen LogP contribution >= 0.6 is 0 Å². The van der Waals surface area contributed by atoms with Crippen LogP contribution in [0.5, 0.6) is 0 Å². The van der Waals surface area contributed by atoms with E-state index in [1.165, 1.54) is 27.4 Å². The Morgan fingerprint density at radius 1 is 0.438 bits per heavy atom. The second-order valence-electron chi connectivity index (χ2n) is 12.2. The maximum absolute atomic E-state index is 6.37. The van der Waals surface area contributed by atoms with Crippen molar-refractivity contribution < 1.29 is 4.42 Å². The average Bonchev–Trinajstić information content (AvgIpc) is 3.70. The van der Waals surface area contributed by atoms with Gasteiger partial charge in [-0.05, 0) is 71.8 Å². The van der Waals surface area contributed by atoms with Crippen LogP contribution in [0, 0.1) is 0 Å². The predicted molar refractivity (Wildman–Crippen MR) is 197 cm³/mol. The lowest BCUT2D eigenvalue weighted by Gasteiger charge is -2.09. The smallest absolute Gasteiger partial charge is 0.160 e. The molecular formula is C44H27N3O.